The van der Waals surface area contributed by atoms with Gasteiger partial charge < -0.3 is 25.4 Å². The summed E-state index contributed by atoms with van der Waals surface area (Å²) < 4.78 is 5.43. The van der Waals surface area contributed by atoms with E-state index in [0.717, 1.165) is 12.8 Å². The average Bonchev–Trinajstić information content (AvgIpc) is 2.77. The van der Waals surface area contributed by atoms with Crippen molar-refractivity contribution in [3.8, 4) is 5.75 Å². The normalized spacial score (nSPS) is 14.8. The summed E-state index contributed by atoms with van der Waals surface area (Å²) in [4.78, 5) is 41.9. The van der Waals surface area contributed by atoms with Gasteiger partial charge in [0.1, 0.15) is 23.4 Å². The summed E-state index contributed by atoms with van der Waals surface area (Å²) in [5.41, 5.74) is 0.507. The number of alkyl carbamates (subject to hydrolysis) is 1. The zero-order chi connectivity index (χ0) is 27.6. The number of phenolic OH excluding ortho intramolecular Hbond substituents is 1. The van der Waals surface area contributed by atoms with Crippen LogP contribution in [0.4, 0.5) is 4.79 Å². The van der Waals surface area contributed by atoms with Crippen LogP contribution >= 0.6 is 0 Å². The zero-order valence-corrected chi connectivity index (χ0v) is 23.6. The number of benzene rings is 1. The molecule has 0 saturated carbocycles. The summed E-state index contributed by atoms with van der Waals surface area (Å²) in [6, 6.07) is 3.11. The van der Waals surface area contributed by atoms with Gasteiger partial charge in [-0.05, 0) is 76.6 Å². The number of phenols is 1. The molecule has 3 N–H and O–H groups in total. The van der Waals surface area contributed by atoms with Gasteiger partial charge in [0, 0.05) is 12.6 Å². The average molecular weight is 506 g/mol. The number of carbonyl (C=O) groups excluding carboxylic acids is 3. The number of nitrogens with zero attached hydrogens (tertiary/aromatic N) is 1. The smallest absolute Gasteiger partial charge is 0.408 e. The fourth-order valence-corrected chi connectivity index (χ4v) is 4.05. The van der Waals surface area contributed by atoms with E-state index < -0.39 is 23.8 Å². The highest BCUT2D eigenvalue weighted by atomic mass is 16.6. The van der Waals surface area contributed by atoms with E-state index in [1.807, 2.05) is 27.7 Å². The predicted molar refractivity (Wildman–Crippen MR) is 143 cm³/mol. The summed E-state index contributed by atoms with van der Waals surface area (Å²) in [5.74, 6) is -0.697. The van der Waals surface area contributed by atoms with Crippen LogP contribution in [-0.2, 0) is 14.3 Å². The number of amides is 3. The molecule has 0 fully saturated rings. The molecule has 4 unspecified atom stereocenters. The molecule has 8 heteroatoms. The van der Waals surface area contributed by atoms with Crippen LogP contribution in [0.15, 0.2) is 18.2 Å². The van der Waals surface area contributed by atoms with Crippen molar-refractivity contribution in [2.24, 2.45) is 5.92 Å². The van der Waals surface area contributed by atoms with Crippen molar-refractivity contribution in [1.29, 1.82) is 0 Å². The Labute approximate surface area is 217 Å². The van der Waals surface area contributed by atoms with Crippen LogP contribution < -0.4 is 10.6 Å². The lowest BCUT2D eigenvalue weighted by Crippen LogP contribution is -2.55. The Hall–Kier alpha value is -2.77. The third kappa shape index (κ3) is 9.36. The number of aryl methyl sites for hydroxylation is 1. The lowest BCUT2D eigenvalue weighted by atomic mass is 9.95. The molecule has 0 bridgehead atoms. The van der Waals surface area contributed by atoms with E-state index in [2.05, 4.69) is 17.6 Å². The fraction of sp³-hybridized carbons (Fsp3) is 0.679. The minimum atomic E-state index is -0.914. The first-order chi connectivity index (χ1) is 16.7. The van der Waals surface area contributed by atoms with Crippen LogP contribution in [0.1, 0.15) is 98.2 Å². The molecule has 3 amide bonds. The molecular weight excluding hydrogens is 458 g/mol. The van der Waals surface area contributed by atoms with Gasteiger partial charge in [-0.25, -0.2) is 4.79 Å². The van der Waals surface area contributed by atoms with Crippen molar-refractivity contribution in [3.05, 3.63) is 29.3 Å². The highest BCUT2D eigenvalue weighted by Crippen LogP contribution is 2.28. The predicted octanol–water partition coefficient (Wildman–Crippen LogP) is 5.22. The van der Waals surface area contributed by atoms with Crippen molar-refractivity contribution < 1.29 is 24.2 Å². The third-order valence-electron chi connectivity index (χ3n) is 6.11. The van der Waals surface area contributed by atoms with Crippen molar-refractivity contribution >= 4 is 17.9 Å². The first kappa shape index (κ1) is 31.3. The van der Waals surface area contributed by atoms with Gasteiger partial charge in [0.2, 0.25) is 11.8 Å². The van der Waals surface area contributed by atoms with Crippen molar-refractivity contribution in [2.75, 3.05) is 6.54 Å². The van der Waals surface area contributed by atoms with E-state index in [4.69, 9.17) is 4.74 Å². The maximum Gasteiger partial charge on any atom is 0.408 e. The lowest BCUT2D eigenvalue weighted by molar-refractivity contribution is -0.143. The first-order valence-electron chi connectivity index (χ1n) is 13.1. The van der Waals surface area contributed by atoms with Gasteiger partial charge in [-0.15, -0.1) is 0 Å². The number of aromatic hydroxyl groups is 1. The SMILES string of the molecule is CCCC(C)NC(=O)C(c1ccc(O)c(C)c1)N(CCC)C(=O)C(NC(=O)OC(C)(C)C)C(C)CC. The lowest BCUT2D eigenvalue weighted by Gasteiger charge is -2.36. The molecule has 4 atom stereocenters. The number of hydrogen-bond donors (Lipinski definition) is 3. The molecule has 36 heavy (non-hydrogen) atoms. The number of nitrogens with one attached hydrogen (secondary N) is 2. The van der Waals surface area contributed by atoms with Crippen molar-refractivity contribution in [3.63, 3.8) is 0 Å². The molecule has 204 valence electrons. The molecule has 0 saturated heterocycles. The summed E-state index contributed by atoms with van der Waals surface area (Å²) in [6.07, 6.45) is 2.32. The molecule has 0 aromatic heterocycles. The second-order valence-corrected chi connectivity index (χ2v) is 10.7. The van der Waals surface area contributed by atoms with Crippen molar-refractivity contribution in [1.82, 2.24) is 15.5 Å². The molecule has 0 radical (unpaired) electrons. The van der Waals surface area contributed by atoms with Gasteiger partial charge in [0.25, 0.3) is 0 Å². The molecule has 0 aliphatic carbocycles. The molecule has 8 nitrogen and oxygen atoms in total. The van der Waals surface area contributed by atoms with Crippen LogP contribution in [0.5, 0.6) is 5.75 Å². The molecule has 0 heterocycles. The maximum absolute atomic E-state index is 14.0. The molecule has 1 aromatic carbocycles. The van der Waals surface area contributed by atoms with Crippen LogP contribution in [0.3, 0.4) is 0 Å². The summed E-state index contributed by atoms with van der Waals surface area (Å²) in [6.45, 7) is 17.2. The minimum Gasteiger partial charge on any atom is -0.508 e. The topological polar surface area (TPSA) is 108 Å². The molecular formula is C28H47N3O5. The molecule has 1 aromatic rings. The Morgan fingerprint density at radius 3 is 2.19 bits per heavy atom. The summed E-state index contributed by atoms with van der Waals surface area (Å²) in [7, 11) is 0. The van der Waals surface area contributed by atoms with Crippen molar-refractivity contribution in [2.45, 2.75) is 112 Å². The molecule has 0 aliphatic rings. The Morgan fingerprint density at radius 1 is 1.06 bits per heavy atom. The van der Waals surface area contributed by atoms with E-state index in [9.17, 15) is 19.5 Å². The number of carbonyl (C=O) groups is 3. The molecule has 0 spiro atoms. The van der Waals surface area contributed by atoms with Crippen LogP contribution in [0, 0.1) is 12.8 Å². The highest BCUT2D eigenvalue weighted by Gasteiger charge is 2.38. The standard InChI is InChI=1S/C28H47N3O5/c1-10-13-20(6)29-25(33)24(21-14-15-22(32)19(5)17-21)31(16-11-2)26(34)23(18(4)12-3)30-27(35)36-28(7,8)9/h14-15,17-18,20,23-24,32H,10-13,16H2,1-9H3,(H,29,33)(H,30,35). The zero-order valence-electron chi connectivity index (χ0n) is 23.6. The highest BCUT2D eigenvalue weighted by molar-refractivity contribution is 5.92. The number of rotatable bonds is 12. The van der Waals surface area contributed by atoms with Gasteiger partial charge in [-0.3, -0.25) is 9.59 Å². The Kier molecular flexibility index (Phi) is 12.2. The van der Waals surface area contributed by atoms with Crippen LogP contribution in [0.25, 0.3) is 0 Å². The van der Waals surface area contributed by atoms with E-state index in [1.165, 1.54) is 0 Å². The van der Waals surface area contributed by atoms with E-state index in [-0.39, 0.29) is 29.5 Å². The largest absolute Gasteiger partial charge is 0.508 e. The number of hydrogen-bond acceptors (Lipinski definition) is 5. The quantitative estimate of drug-likeness (QED) is 0.361. The second kappa shape index (κ2) is 14.1. The third-order valence-corrected chi connectivity index (χ3v) is 6.11. The second-order valence-electron chi connectivity index (χ2n) is 10.7. The van der Waals surface area contributed by atoms with Crippen LogP contribution in [0.2, 0.25) is 0 Å². The summed E-state index contributed by atoms with van der Waals surface area (Å²) >= 11 is 0. The van der Waals surface area contributed by atoms with E-state index in [1.54, 1.807) is 50.8 Å². The van der Waals surface area contributed by atoms with Gasteiger partial charge in [0.05, 0.1) is 0 Å². The van der Waals surface area contributed by atoms with E-state index >= 15 is 0 Å². The summed E-state index contributed by atoms with van der Waals surface area (Å²) in [5, 5.41) is 15.9. The van der Waals surface area contributed by atoms with Gasteiger partial charge in [-0.1, -0.05) is 46.6 Å². The maximum atomic E-state index is 14.0. The Bertz CT molecular complexity index is 880. The van der Waals surface area contributed by atoms with E-state index in [0.29, 0.717) is 30.5 Å². The van der Waals surface area contributed by atoms with Gasteiger partial charge >= 0.3 is 6.09 Å². The number of ether oxygens (including phenoxy) is 1. The van der Waals surface area contributed by atoms with Crippen LogP contribution in [-0.4, -0.2) is 52.1 Å². The van der Waals surface area contributed by atoms with Gasteiger partial charge in [0.15, 0.2) is 0 Å². The molecule has 0 aliphatic heterocycles. The fourth-order valence-electron chi connectivity index (χ4n) is 4.05. The first-order valence-corrected chi connectivity index (χ1v) is 13.1. The monoisotopic (exact) mass is 505 g/mol. The Morgan fingerprint density at radius 2 is 1.69 bits per heavy atom. The minimum absolute atomic E-state index is 0.0629. The van der Waals surface area contributed by atoms with Gasteiger partial charge in [-0.2, -0.15) is 0 Å². The Balaban J connectivity index is 3.51. The molecule has 1 rings (SSSR count).